The number of carbonyl (C=O) groups excluding carboxylic acids is 1. The summed E-state index contributed by atoms with van der Waals surface area (Å²) >= 11 is 3.33. The van der Waals surface area contributed by atoms with Gasteiger partial charge in [0.05, 0.1) is 10.4 Å². The van der Waals surface area contributed by atoms with Crippen molar-refractivity contribution < 1.29 is 9.90 Å². The van der Waals surface area contributed by atoms with Crippen molar-refractivity contribution in [2.75, 3.05) is 6.54 Å². The van der Waals surface area contributed by atoms with Gasteiger partial charge < -0.3 is 10.4 Å². The summed E-state index contributed by atoms with van der Waals surface area (Å²) in [5.74, 6) is 0.201. The van der Waals surface area contributed by atoms with Gasteiger partial charge in [0.2, 0.25) is 5.91 Å². The average Bonchev–Trinajstić information content (AvgIpc) is 2.24. The molecule has 0 saturated carbocycles. The van der Waals surface area contributed by atoms with Crippen LogP contribution in [-0.2, 0) is 4.79 Å². The Balaban J connectivity index is 4.10. The molecule has 1 atom stereocenters. The zero-order valence-electron chi connectivity index (χ0n) is 10.0. The highest BCUT2D eigenvalue weighted by Gasteiger charge is 2.25. The third-order valence-corrected chi connectivity index (χ3v) is 4.22. The van der Waals surface area contributed by atoms with Gasteiger partial charge in [-0.05, 0) is 18.8 Å². The Labute approximate surface area is 101 Å². The van der Waals surface area contributed by atoms with Crippen LogP contribution in [0, 0.1) is 5.92 Å². The summed E-state index contributed by atoms with van der Waals surface area (Å²) in [6.45, 7) is 8.12. The lowest BCUT2D eigenvalue weighted by atomic mass is 9.97. The topological polar surface area (TPSA) is 49.3 Å². The fraction of sp³-hybridized carbons (Fsp3) is 0.909. The number of amides is 1. The molecule has 0 heterocycles. The molecule has 0 fully saturated rings. The zero-order valence-corrected chi connectivity index (χ0v) is 11.6. The van der Waals surface area contributed by atoms with Crippen LogP contribution in [0.3, 0.4) is 0 Å². The lowest BCUT2D eigenvalue weighted by Gasteiger charge is -2.26. The van der Waals surface area contributed by atoms with Gasteiger partial charge in [-0.1, -0.05) is 43.6 Å². The van der Waals surface area contributed by atoms with Crippen LogP contribution >= 0.6 is 15.9 Å². The molecule has 0 radical (unpaired) electrons. The second-order valence-corrected chi connectivity index (χ2v) is 5.28. The Morgan fingerprint density at radius 1 is 1.40 bits per heavy atom. The summed E-state index contributed by atoms with van der Waals surface area (Å²) in [6.07, 6.45) is 1.30. The normalized spacial score (nSPS) is 14.1. The van der Waals surface area contributed by atoms with E-state index >= 15 is 0 Å². The molecule has 4 heteroatoms. The van der Waals surface area contributed by atoms with Gasteiger partial charge in [0, 0.05) is 6.54 Å². The first-order valence-corrected chi connectivity index (χ1v) is 6.42. The quantitative estimate of drug-likeness (QED) is 0.732. The summed E-state index contributed by atoms with van der Waals surface area (Å²) in [7, 11) is 0. The van der Waals surface area contributed by atoms with Crippen LogP contribution in [0.2, 0.25) is 0 Å². The third-order valence-electron chi connectivity index (χ3n) is 2.74. The van der Waals surface area contributed by atoms with Crippen LogP contribution in [0.5, 0.6) is 0 Å². The van der Waals surface area contributed by atoms with E-state index in [1.165, 1.54) is 0 Å². The smallest absolute Gasteiger partial charge is 0.234 e. The van der Waals surface area contributed by atoms with Crippen molar-refractivity contribution >= 4 is 21.8 Å². The SMILES string of the molecule is CCC(O)(CC)CNC(=O)C(Br)C(C)C. The molecule has 0 rings (SSSR count). The van der Waals surface area contributed by atoms with Gasteiger partial charge in [-0.25, -0.2) is 0 Å². The first-order valence-electron chi connectivity index (χ1n) is 5.50. The van der Waals surface area contributed by atoms with Gasteiger partial charge in [-0.15, -0.1) is 0 Å². The Bertz CT molecular complexity index is 203. The average molecular weight is 280 g/mol. The van der Waals surface area contributed by atoms with Crippen LogP contribution in [0.15, 0.2) is 0 Å². The predicted molar refractivity (Wildman–Crippen MR) is 66.1 cm³/mol. The van der Waals surface area contributed by atoms with Crippen molar-refractivity contribution in [3.05, 3.63) is 0 Å². The molecule has 0 aliphatic rings. The Hall–Kier alpha value is -0.0900. The standard InChI is InChI=1S/C11H22BrNO2/c1-5-11(15,6-2)7-13-10(14)9(12)8(3)4/h8-9,15H,5-7H2,1-4H3,(H,13,14). The minimum atomic E-state index is -0.765. The van der Waals surface area contributed by atoms with Crippen LogP contribution in [0.1, 0.15) is 40.5 Å². The number of hydrogen-bond donors (Lipinski definition) is 2. The molecule has 2 N–H and O–H groups in total. The summed E-state index contributed by atoms with van der Waals surface area (Å²) in [5, 5.41) is 12.7. The molecular weight excluding hydrogens is 258 g/mol. The molecule has 0 spiro atoms. The van der Waals surface area contributed by atoms with E-state index in [1.54, 1.807) is 0 Å². The second kappa shape index (κ2) is 6.48. The molecule has 0 aromatic heterocycles. The predicted octanol–water partition coefficient (Wildman–Crippen LogP) is 2.07. The Morgan fingerprint density at radius 3 is 2.20 bits per heavy atom. The zero-order chi connectivity index (χ0) is 12.1. The minimum absolute atomic E-state index is 0.0506. The van der Waals surface area contributed by atoms with E-state index in [0.29, 0.717) is 19.4 Å². The van der Waals surface area contributed by atoms with Crippen molar-refractivity contribution in [3.63, 3.8) is 0 Å². The van der Waals surface area contributed by atoms with Crippen molar-refractivity contribution in [2.24, 2.45) is 5.92 Å². The molecule has 0 bridgehead atoms. The van der Waals surface area contributed by atoms with Crippen LogP contribution in [0.25, 0.3) is 0 Å². The van der Waals surface area contributed by atoms with E-state index in [-0.39, 0.29) is 16.7 Å². The van der Waals surface area contributed by atoms with E-state index in [9.17, 15) is 9.90 Å². The van der Waals surface area contributed by atoms with Crippen molar-refractivity contribution in [1.29, 1.82) is 0 Å². The summed E-state index contributed by atoms with van der Waals surface area (Å²) < 4.78 is 0. The van der Waals surface area contributed by atoms with Gasteiger partial charge in [-0.2, -0.15) is 0 Å². The van der Waals surface area contributed by atoms with Crippen molar-refractivity contribution in [3.8, 4) is 0 Å². The molecule has 0 aliphatic carbocycles. The van der Waals surface area contributed by atoms with Gasteiger partial charge in [-0.3, -0.25) is 4.79 Å². The van der Waals surface area contributed by atoms with Gasteiger partial charge >= 0.3 is 0 Å². The highest BCUT2D eigenvalue weighted by atomic mass is 79.9. The monoisotopic (exact) mass is 279 g/mol. The molecule has 0 aromatic rings. The minimum Gasteiger partial charge on any atom is -0.388 e. The molecule has 3 nitrogen and oxygen atoms in total. The molecule has 0 aliphatic heterocycles. The molecule has 1 amide bonds. The second-order valence-electron chi connectivity index (χ2n) is 4.30. The largest absolute Gasteiger partial charge is 0.388 e. The van der Waals surface area contributed by atoms with E-state index in [4.69, 9.17) is 0 Å². The number of nitrogens with one attached hydrogen (secondary N) is 1. The van der Waals surface area contributed by atoms with Gasteiger partial charge in [0.1, 0.15) is 0 Å². The molecular formula is C11H22BrNO2. The molecule has 1 unspecified atom stereocenters. The van der Waals surface area contributed by atoms with E-state index in [0.717, 1.165) is 0 Å². The summed E-state index contributed by atoms with van der Waals surface area (Å²) in [4.78, 5) is 11.4. The lowest BCUT2D eigenvalue weighted by Crippen LogP contribution is -2.45. The number of alkyl halides is 1. The fourth-order valence-electron chi connectivity index (χ4n) is 1.15. The first-order chi connectivity index (χ1) is 6.86. The highest BCUT2D eigenvalue weighted by molar-refractivity contribution is 9.10. The molecule has 15 heavy (non-hydrogen) atoms. The summed E-state index contributed by atoms with van der Waals surface area (Å²) in [6, 6.07) is 0. The van der Waals surface area contributed by atoms with Crippen LogP contribution < -0.4 is 5.32 Å². The maximum atomic E-state index is 11.6. The lowest BCUT2D eigenvalue weighted by molar-refractivity contribution is -0.122. The van der Waals surface area contributed by atoms with E-state index in [2.05, 4.69) is 21.2 Å². The maximum Gasteiger partial charge on any atom is 0.234 e. The Kier molecular flexibility index (Phi) is 6.44. The van der Waals surface area contributed by atoms with Crippen LogP contribution in [0.4, 0.5) is 0 Å². The Morgan fingerprint density at radius 2 is 1.87 bits per heavy atom. The van der Waals surface area contributed by atoms with Crippen molar-refractivity contribution in [2.45, 2.75) is 51.0 Å². The number of halogens is 1. The molecule has 0 saturated heterocycles. The molecule has 90 valence electrons. The fourth-order valence-corrected chi connectivity index (χ4v) is 1.31. The highest BCUT2D eigenvalue weighted by Crippen LogP contribution is 2.15. The first kappa shape index (κ1) is 14.9. The number of hydrogen-bond acceptors (Lipinski definition) is 2. The van der Waals surface area contributed by atoms with E-state index < -0.39 is 5.60 Å². The maximum absolute atomic E-state index is 11.6. The summed E-state index contributed by atoms with van der Waals surface area (Å²) in [5.41, 5.74) is -0.765. The number of carbonyl (C=O) groups is 1. The van der Waals surface area contributed by atoms with Crippen molar-refractivity contribution in [1.82, 2.24) is 5.32 Å². The third kappa shape index (κ3) is 4.98. The van der Waals surface area contributed by atoms with Gasteiger partial charge in [0.15, 0.2) is 0 Å². The molecule has 0 aromatic carbocycles. The van der Waals surface area contributed by atoms with Crippen LogP contribution in [-0.4, -0.2) is 28.0 Å². The number of aliphatic hydroxyl groups is 1. The number of rotatable bonds is 6. The van der Waals surface area contributed by atoms with E-state index in [1.807, 2.05) is 27.7 Å². The van der Waals surface area contributed by atoms with Gasteiger partial charge in [0.25, 0.3) is 0 Å².